The van der Waals surface area contributed by atoms with Gasteiger partial charge >= 0.3 is 0 Å². The van der Waals surface area contributed by atoms with Gasteiger partial charge in [-0.25, -0.2) is 0 Å². The van der Waals surface area contributed by atoms with Gasteiger partial charge in [0.15, 0.2) is 0 Å². The van der Waals surface area contributed by atoms with E-state index in [-0.39, 0.29) is 0 Å². The number of para-hydroxylation sites is 2. The molecular weight excluding hydrogens is 362 g/mol. The number of nitrogens with zero attached hydrogens (tertiary/aromatic N) is 1. The van der Waals surface area contributed by atoms with Gasteiger partial charge < -0.3 is 4.40 Å². The lowest BCUT2D eigenvalue weighted by Crippen LogP contribution is -1.87. The van der Waals surface area contributed by atoms with Crippen molar-refractivity contribution in [3.63, 3.8) is 0 Å². The van der Waals surface area contributed by atoms with Gasteiger partial charge in [-0.1, -0.05) is 84.9 Å². The van der Waals surface area contributed by atoms with Crippen molar-refractivity contribution in [3.8, 4) is 11.1 Å². The summed E-state index contributed by atoms with van der Waals surface area (Å²) < 4.78 is 2.46. The van der Waals surface area contributed by atoms with Gasteiger partial charge in [0.1, 0.15) is 0 Å². The molecule has 2 heterocycles. The Morgan fingerprint density at radius 3 is 2.10 bits per heavy atom. The molecule has 0 aliphatic heterocycles. The van der Waals surface area contributed by atoms with Crippen molar-refractivity contribution < 1.29 is 0 Å². The molecule has 0 unspecified atom stereocenters. The van der Waals surface area contributed by atoms with Crippen LogP contribution in [0.5, 0.6) is 0 Å². The van der Waals surface area contributed by atoms with E-state index >= 15 is 0 Å². The molecule has 0 aliphatic carbocycles. The summed E-state index contributed by atoms with van der Waals surface area (Å²) in [5.74, 6) is 0. The normalized spacial score (nSPS) is 12.2. The molecule has 0 atom stereocenters. The molecule has 0 saturated heterocycles. The minimum Gasteiger partial charge on any atom is -0.308 e. The van der Waals surface area contributed by atoms with Gasteiger partial charge in [0.05, 0.1) is 16.6 Å². The van der Waals surface area contributed by atoms with E-state index in [4.69, 9.17) is 0 Å². The van der Waals surface area contributed by atoms with Crippen molar-refractivity contribution in [2.75, 3.05) is 0 Å². The van der Waals surface area contributed by atoms with E-state index in [0.29, 0.717) is 0 Å². The summed E-state index contributed by atoms with van der Waals surface area (Å²) in [6, 6.07) is 35.6. The lowest BCUT2D eigenvalue weighted by Gasteiger charge is -2.11. The van der Waals surface area contributed by atoms with Gasteiger partial charge in [-0.15, -0.1) is 0 Å². The maximum atomic E-state index is 2.46. The smallest absolute Gasteiger partial charge is 0.0620 e. The number of aryl methyl sites for hydroxylation is 1. The lowest BCUT2D eigenvalue weighted by molar-refractivity contribution is 1.37. The van der Waals surface area contributed by atoms with Gasteiger partial charge in [-0.3, -0.25) is 0 Å². The number of aromatic nitrogens is 1. The molecular formula is C29H19N. The third kappa shape index (κ3) is 1.92. The third-order valence-corrected chi connectivity index (χ3v) is 6.65. The van der Waals surface area contributed by atoms with Crippen LogP contribution in [0.25, 0.3) is 60.0 Å². The highest BCUT2D eigenvalue weighted by molar-refractivity contribution is 6.23. The molecule has 2 aromatic heterocycles. The zero-order chi connectivity index (χ0) is 19.8. The summed E-state index contributed by atoms with van der Waals surface area (Å²) in [5, 5.41) is 7.92. The second-order valence-corrected chi connectivity index (χ2v) is 8.26. The first-order valence-electron chi connectivity index (χ1n) is 10.5. The first-order valence-corrected chi connectivity index (χ1v) is 10.5. The number of benzene rings is 5. The van der Waals surface area contributed by atoms with E-state index in [9.17, 15) is 0 Å². The molecule has 0 bridgehead atoms. The highest BCUT2D eigenvalue weighted by Gasteiger charge is 2.17. The van der Waals surface area contributed by atoms with Gasteiger partial charge in [0, 0.05) is 21.5 Å². The highest BCUT2D eigenvalue weighted by atomic mass is 14.9. The third-order valence-electron chi connectivity index (χ3n) is 6.65. The van der Waals surface area contributed by atoms with Crippen molar-refractivity contribution in [3.05, 3.63) is 103 Å². The van der Waals surface area contributed by atoms with E-state index < -0.39 is 0 Å². The van der Waals surface area contributed by atoms with Crippen LogP contribution in [0.2, 0.25) is 0 Å². The summed E-state index contributed by atoms with van der Waals surface area (Å²) in [6.07, 6.45) is 0. The van der Waals surface area contributed by atoms with E-state index in [1.165, 1.54) is 65.6 Å². The quantitative estimate of drug-likeness (QED) is 0.272. The topological polar surface area (TPSA) is 4.41 Å². The molecule has 1 heteroatoms. The first-order chi connectivity index (χ1) is 14.8. The summed E-state index contributed by atoms with van der Waals surface area (Å²) in [7, 11) is 0. The van der Waals surface area contributed by atoms with Crippen LogP contribution in [0.15, 0.2) is 97.1 Å². The van der Waals surface area contributed by atoms with Crippen LogP contribution in [0.3, 0.4) is 0 Å². The number of hydrogen-bond acceptors (Lipinski definition) is 0. The molecule has 30 heavy (non-hydrogen) atoms. The van der Waals surface area contributed by atoms with Crippen LogP contribution in [-0.2, 0) is 0 Å². The zero-order valence-electron chi connectivity index (χ0n) is 16.7. The standard InChI is InChI=1S/C29H19N/c1-18-13-14-19-7-2-3-8-21(19)28(18)20-15-16-23-25-11-6-10-24-22-9-4-5-12-26(22)30(29(24)25)27(23)17-20/h2-17H,1H3. The SMILES string of the molecule is Cc1ccc2ccccc2c1-c1ccc2c3cccc4c5ccccc5n(c2c1)c43. The fourth-order valence-corrected chi connectivity index (χ4v) is 5.35. The summed E-state index contributed by atoms with van der Waals surface area (Å²) >= 11 is 0. The van der Waals surface area contributed by atoms with Gasteiger partial charge in [-0.2, -0.15) is 0 Å². The van der Waals surface area contributed by atoms with E-state index in [2.05, 4.69) is 108 Å². The maximum absolute atomic E-state index is 2.46. The largest absolute Gasteiger partial charge is 0.308 e. The zero-order valence-corrected chi connectivity index (χ0v) is 16.7. The lowest BCUT2D eigenvalue weighted by atomic mass is 9.93. The van der Waals surface area contributed by atoms with Crippen molar-refractivity contribution in [2.45, 2.75) is 6.92 Å². The van der Waals surface area contributed by atoms with Crippen LogP contribution in [-0.4, -0.2) is 4.40 Å². The molecule has 0 spiro atoms. The van der Waals surface area contributed by atoms with Crippen molar-refractivity contribution >= 4 is 48.9 Å². The Morgan fingerprint density at radius 1 is 0.533 bits per heavy atom. The number of fused-ring (bicyclic) bond motifs is 7. The molecule has 7 rings (SSSR count). The average Bonchev–Trinajstić information content (AvgIpc) is 3.31. The van der Waals surface area contributed by atoms with Crippen molar-refractivity contribution in [1.82, 2.24) is 4.40 Å². The fraction of sp³-hybridized carbons (Fsp3) is 0.0345. The Labute approximate surface area is 174 Å². The number of hydrogen-bond donors (Lipinski definition) is 0. The van der Waals surface area contributed by atoms with E-state index in [1.54, 1.807) is 0 Å². The average molecular weight is 381 g/mol. The predicted octanol–water partition coefficient (Wildman–Crippen LogP) is 7.97. The highest BCUT2D eigenvalue weighted by Crippen LogP contribution is 2.41. The molecule has 5 aromatic carbocycles. The van der Waals surface area contributed by atoms with Crippen LogP contribution in [0.1, 0.15) is 5.56 Å². The second kappa shape index (κ2) is 5.61. The minimum atomic E-state index is 1.28. The van der Waals surface area contributed by atoms with Gasteiger partial charge in [0.25, 0.3) is 0 Å². The Morgan fingerprint density at radius 2 is 1.23 bits per heavy atom. The van der Waals surface area contributed by atoms with Crippen LogP contribution in [0.4, 0.5) is 0 Å². The molecule has 0 N–H and O–H groups in total. The Bertz CT molecular complexity index is 1750. The van der Waals surface area contributed by atoms with Gasteiger partial charge in [0.2, 0.25) is 0 Å². The number of rotatable bonds is 1. The Kier molecular flexibility index (Phi) is 2.99. The van der Waals surface area contributed by atoms with Crippen LogP contribution < -0.4 is 0 Å². The van der Waals surface area contributed by atoms with Crippen molar-refractivity contribution in [1.29, 1.82) is 0 Å². The molecule has 0 radical (unpaired) electrons. The summed E-state index contributed by atoms with van der Waals surface area (Å²) in [4.78, 5) is 0. The molecule has 7 aromatic rings. The molecule has 140 valence electrons. The molecule has 0 aliphatic rings. The van der Waals surface area contributed by atoms with Crippen LogP contribution >= 0.6 is 0 Å². The fourth-order valence-electron chi connectivity index (χ4n) is 5.35. The van der Waals surface area contributed by atoms with E-state index in [0.717, 1.165) is 0 Å². The second-order valence-electron chi connectivity index (χ2n) is 8.26. The van der Waals surface area contributed by atoms with Gasteiger partial charge in [-0.05, 0) is 46.5 Å². The molecule has 0 fully saturated rings. The monoisotopic (exact) mass is 381 g/mol. The minimum absolute atomic E-state index is 1.28. The Balaban J connectivity index is 1.67. The van der Waals surface area contributed by atoms with Crippen LogP contribution in [0, 0.1) is 6.92 Å². The first kappa shape index (κ1) is 16.0. The molecule has 0 amide bonds. The van der Waals surface area contributed by atoms with Crippen molar-refractivity contribution in [2.24, 2.45) is 0 Å². The predicted molar refractivity (Wildman–Crippen MR) is 129 cm³/mol. The molecule has 0 saturated carbocycles. The molecule has 1 nitrogen and oxygen atoms in total. The maximum Gasteiger partial charge on any atom is 0.0620 e. The summed E-state index contributed by atoms with van der Waals surface area (Å²) in [5.41, 5.74) is 7.83. The Hall–Kier alpha value is -3.84. The van der Waals surface area contributed by atoms with E-state index in [1.807, 2.05) is 0 Å². The summed E-state index contributed by atoms with van der Waals surface area (Å²) in [6.45, 7) is 2.22.